The third-order valence-corrected chi connectivity index (χ3v) is 11.9. The Balaban J connectivity index is 4.46. The first-order chi connectivity index (χ1) is 33.0. The number of unbranched alkanes of at least 4 members (excludes halogenated alkanes) is 25. The minimum Gasteiger partial charge on any atom is -0.462 e. The number of carbonyl (C=O) groups excluding carboxylic acids is 3. The molecule has 0 amide bonds. The zero-order valence-corrected chi connectivity index (χ0v) is 43.9. The van der Waals surface area contributed by atoms with Gasteiger partial charge in [0.15, 0.2) is 6.10 Å². The van der Waals surface area contributed by atoms with E-state index in [9.17, 15) is 14.4 Å². The van der Waals surface area contributed by atoms with Crippen molar-refractivity contribution in [2.24, 2.45) is 0 Å². The molecule has 0 bridgehead atoms. The van der Waals surface area contributed by atoms with E-state index in [0.29, 0.717) is 19.3 Å². The summed E-state index contributed by atoms with van der Waals surface area (Å²) < 4.78 is 16.8. The van der Waals surface area contributed by atoms with E-state index in [1.807, 2.05) is 0 Å². The number of carbonyl (C=O) groups is 3. The maximum atomic E-state index is 12.8. The summed E-state index contributed by atoms with van der Waals surface area (Å²) in [6, 6.07) is 0. The Labute approximate surface area is 414 Å². The second kappa shape index (κ2) is 55.2. The first kappa shape index (κ1) is 63.6. The van der Waals surface area contributed by atoms with Gasteiger partial charge in [-0.15, -0.1) is 0 Å². The van der Waals surface area contributed by atoms with E-state index in [-0.39, 0.29) is 31.1 Å². The van der Waals surface area contributed by atoms with Crippen molar-refractivity contribution in [3.05, 3.63) is 85.1 Å². The van der Waals surface area contributed by atoms with Gasteiger partial charge in [0.2, 0.25) is 0 Å². The molecule has 0 fully saturated rings. The molecule has 0 aliphatic heterocycles. The molecule has 0 radical (unpaired) electrons. The molecule has 67 heavy (non-hydrogen) atoms. The number of hydrogen-bond acceptors (Lipinski definition) is 6. The Bertz CT molecular complexity index is 1300. The summed E-state index contributed by atoms with van der Waals surface area (Å²) in [5, 5.41) is 0. The Morgan fingerprint density at radius 1 is 0.313 bits per heavy atom. The van der Waals surface area contributed by atoms with Gasteiger partial charge in [0, 0.05) is 19.3 Å². The van der Waals surface area contributed by atoms with Crippen LogP contribution in [0.5, 0.6) is 0 Å². The smallest absolute Gasteiger partial charge is 0.306 e. The fourth-order valence-electron chi connectivity index (χ4n) is 7.63. The Morgan fingerprint density at radius 2 is 0.582 bits per heavy atom. The minimum atomic E-state index is -0.795. The predicted octanol–water partition coefficient (Wildman–Crippen LogP) is 18.8. The Morgan fingerprint density at radius 3 is 0.955 bits per heavy atom. The quantitative estimate of drug-likeness (QED) is 0.0262. The number of ether oxygens (including phenoxy) is 3. The first-order valence-electron chi connectivity index (χ1n) is 28.1. The van der Waals surface area contributed by atoms with Gasteiger partial charge in [-0.25, -0.2) is 0 Å². The molecule has 0 aromatic heterocycles. The highest BCUT2D eigenvalue weighted by molar-refractivity contribution is 5.71. The van der Waals surface area contributed by atoms with Crippen LogP contribution in [0.4, 0.5) is 0 Å². The van der Waals surface area contributed by atoms with Crippen LogP contribution in [-0.4, -0.2) is 37.2 Å². The van der Waals surface area contributed by atoms with Crippen LogP contribution < -0.4 is 0 Å². The second-order valence-corrected chi connectivity index (χ2v) is 18.5. The number of hydrogen-bond donors (Lipinski definition) is 0. The molecule has 0 spiro atoms. The molecule has 0 saturated heterocycles. The van der Waals surface area contributed by atoms with Crippen LogP contribution in [0, 0.1) is 0 Å². The van der Waals surface area contributed by atoms with Gasteiger partial charge >= 0.3 is 17.9 Å². The molecule has 384 valence electrons. The highest BCUT2D eigenvalue weighted by atomic mass is 16.6. The zero-order chi connectivity index (χ0) is 48.6. The van der Waals surface area contributed by atoms with Crippen molar-refractivity contribution < 1.29 is 28.6 Å². The average Bonchev–Trinajstić information content (AvgIpc) is 3.33. The average molecular weight is 933 g/mol. The van der Waals surface area contributed by atoms with Gasteiger partial charge in [-0.05, 0) is 116 Å². The lowest BCUT2D eigenvalue weighted by atomic mass is 10.1. The van der Waals surface area contributed by atoms with E-state index in [4.69, 9.17) is 14.2 Å². The summed E-state index contributed by atoms with van der Waals surface area (Å²) in [4.78, 5) is 38.1. The fraction of sp³-hybridized carbons (Fsp3) is 0.721. The maximum absolute atomic E-state index is 12.8. The van der Waals surface area contributed by atoms with Crippen molar-refractivity contribution in [3.63, 3.8) is 0 Å². The molecule has 0 saturated carbocycles. The first-order valence-corrected chi connectivity index (χ1v) is 28.1. The fourth-order valence-corrected chi connectivity index (χ4v) is 7.63. The van der Waals surface area contributed by atoms with Crippen molar-refractivity contribution in [1.82, 2.24) is 0 Å². The molecule has 6 heteroatoms. The van der Waals surface area contributed by atoms with Crippen LogP contribution in [-0.2, 0) is 28.6 Å². The molecule has 0 N–H and O–H groups in total. The van der Waals surface area contributed by atoms with Crippen molar-refractivity contribution in [3.8, 4) is 0 Å². The third kappa shape index (κ3) is 53.4. The van der Waals surface area contributed by atoms with Crippen LogP contribution in [0.25, 0.3) is 0 Å². The molecular weight excluding hydrogens is 829 g/mol. The van der Waals surface area contributed by atoms with E-state index in [2.05, 4.69) is 106 Å². The molecule has 0 heterocycles. The number of rotatable bonds is 50. The van der Waals surface area contributed by atoms with Gasteiger partial charge in [-0.1, -0.05) is 215 Å². The van der Waals surface area contributed by atoms with Crippen molar-refractivity contribution in [2.75, 3.05) is 13.2 Å². The van der Waals surface area contributed by atoms with Crippen LogP contribution in [0.15, 0.2) is 85.1 Å². The Kier molecular flexibility index (Phi) is 52.4. The Hall–Kier alpha value is -3.41. The second-order valence-electron chi connectivity index (χ2n) is 18.5. The summed E-state index contributed by atoms with van der Waals surface area (Å²) in [6.07, 6.45) is 71.3. The number of esters is 3. The summed E-state index contributed by atoms with van der Waals surface area (Å²) >= 11 is 0. The van der Waals surface area contributed by atoms with E-state index >= 15 is 0 Å². The van der Waals surface area contributed by atoms with Crippen LogP contribution in [0.1, 0.15) is 265 Å². The zero-order valence-electron chi connectivity index (χ0n) is 43.9. The molecule has 0 aliphatic rings. The van der Waals surface area contributed by atoms with Crippen LogP contribution >= 0.6 is 0 Å². The van der Waals surface area contributed by atoms with Gasteiger partial charge in [-0.3, -0.25) is 14.4 Å². The van der Waals surface area contributed by atoms with Gasteiger partial charge in [0.1, 0.15) is 13.2 Å². The number of allylic oxidation sites excluding steroid dienone is 14. The van der Waals surface area contributed by atoms with E-state index in [0.717, 1.165) is 116 Å². The summed E-state index contributed by atoms with van der Waals surface area (Å²) in [5.74, 6) is -0.928. The van der Waals surface area contributed by atoms with Gasteiger partial charge in [0.05, 0.1) is 0 Å². The van der Waals surface area contributed by atoms with Gasteiger partial charge in [-0.2, -0.15) is 0 Å². The molecule has 0 aromatic rings. The minimum absolute atomic E-state index is 0.0921. The van der Waals surface area contributed by atoms with Gasteiger partial charge in [0.25, 0.3) is 0 Å². The summed E-state index contributed by atoms with van der Waals surface area (Å²) in [5.41, 5.74) is 0. The summed E-state index contributed by atoms with van der Waals surface area (Å²) in [7, 11) is 0. The SMILES string of the molecule is CC/C=C\C/C=C\C/C=C\C/C=C\CCCCCCC(=O)OCC(COC(=O)CCCCCCC/C=C\CCCCCCCC)OC(=O)CCCCCCCCC/C=C\C/C=C\CCCCC. The summed E-state index contributed by atoms with van der Waals surface area (Å²) in [6.45, 7) is 6.47. The van der Waals surface area contributed by atoms with Crippen molar-refractivity contribution in [2.45, 2.75) is 271 Å². The molecule has 0 rings (SSSR count). The van der Waals surface area contributed by atoms with Crippen LogP contribution in [0.3, 0.4) is 0 Å². The van der Waals surface area contributed by atoms with E-state index in [1.54, 1.807) is 0 Å². The lowest BCUT2D eigenvalue weighted by Crippen LogP contribution is -2.30. The third-order valence-electron chi connectivity index (χ3n) is 11.9. The maximum Gasteiger partial charge on any atom is 0.306 e. The normalized spacial score (nSPS) is 12.7. The molecule has 0 aromatic carbocycles. The standard InChI is InChI=1S/C61H104O6/c1-4-7-10-13-16-19-22-25-28-30-33-36-39-42-45-48-51-54-60(63)66-57-58(56-65-59(62)53-50-47-44-41-38-35-32-27-24-21-18-15-12-9-6-3)67-61(64)55-52-49-46-43-40-37-34-31-29-26-23-20-17-14-11-8-5-2/h7,10,16-17,19-20,25-29,32-33,36,58H,4-6,8-9,11-15,18,21-24,30-31,34-35,37-57H2,1-3H3/b10-7-,19-16-,20-17-,28-25-,29-26-,32-27-,36-33-. The van der Waals surface area contributed by atoms with E-state index < -0.39 is 6.10 Å². The monoisotopic (exact) mass is 933 g/mol. The van der Waals surface area contributed by atoms with Gasteiger partial charge < -0.3 is 14.2 Å². The topological polar surface area (TPSA) is 78.9 Å². The molecule has 0 aliphatic carbocycles. The molecule has 6 nitrogen and oxygen atoms in total. The van der Waals surface area contributed by atoms with Crippen LogP contribution in [0.2, 0.25) is 0 Å². The lowest BCUT2D eigenvalue weighted by molar-refractivity contribution is -0.167. The predicted molar refractivity (Wildman–Crippen MR) is 288 cm³/mol. The lowest BCUT2D eigenvalue weighted by Gasteiger charge is -2.18. The largest absolute Gasteiger partial charge is 0.462 e. The highest BCUT2D eigenvalue weighted by Crippen LogP contribution is 2.14. The highest BCUT2D eigenvalue weighted by Gasteiger charge is 2.19. The van der Waals surface area contributed by atoms with Crippen molar-refractivity contribution >= 4 is 17.9 Å². The molecule has 1 unspecified atom stereocenters. The molecule has 1 atom stereocenters. The van der Waals surface area contributed by atoms with E-state index in [1.165, 1.54) is 109 Å². The van der Waals surface area contributed by atoms with Crippen molar-refractivity contribution in [1.29, 1.82) is 0 Å². The molecular formula is C61H104O6.